The van der Waals surface area contributed by atoms with E-state index in [4.69, 9.17) is 18.9 Å². The molecule has 2 atom stereocenters. The molecule has 0 aromatic heterocycles. The van der Waals surface area contributed by atoms with Crippen molar-refractivity contribution in [2.75, 3.05) is 27.3 Å². The molecule has 54 heavy (non-hydrogen) atoms. The lowest BCUT2D eigenvalue weighted by molar-refractivity contribution is -0.144. The molecule has 0 aliphatic carbocycles. The number of esters is 2. The van der Waals surface area contributed by atoms with Crippen LogP contribution in [-0.4, -0.2) is 73.3 Å². The van der Waals surface area contributed by atoms with Crippen molar-refractivity contribution in [3.8, 4) is 11.5 Å². The van der Waals surface area contributed by atoms with Gasteiger partial charge in [-0.25, -0.2) is 19.2 Å². The molecule has 6 rings (SSSR count). The molecule has 0 saturated heterocycles. The van der Waals surface area contributed by atoms with Crippen molar-refractivity contribution in [3.05, 3.63) is 106 Å². The van der Waals surface area contributed by atoms with Crippen LogP contribution < -0.4 is 20.1 Å². The average Bonchev–Trinajstić information content (AvgIpc) is 3.13. The molecule has 282 valence electrons. The predicted octanol–water partition coefficient (Wildman–Crippen LogP) is 7.29. The number of fused-ring (bicyclic) bond motifs is 2. The summed E-state index contributed by atoms with van der Waals surface area (Å²) in [5.74, 6) is -0.165. The number of rotatable bonds is 11. The third-order valence-electron chi connectivity index (χ3n) is 9.67. The highest BCUT2D eigenvalue weighted by molar-refractivity contribution is 5.99. The van der Waals surface area contributed by atoms with Gasteiger partial charge in [0, 0.05) is 36.6 Å². The SMILES string of the molecule is CC1=C(C(=O)OC(C)C)C(c2c(OCCOc3ccc4ccccc4c3C3NC(=O)N(C)C(C)=C3C(=O)OC(C)C)ccc3ccccc23)NC(=O)N1C. The third-order valence-corrected chi connectivity index (χ3v) is 9.67. The van der Waals surface area contributed by atoms with Gasteiger partial charge in [-0.05, 0) is 75.2 Å². The molecule has 0 bridgehead atoms. The Labute approximate surface area is 314 Å². The Balaban J connectivity index is 1.35. The van der Waals surface area contributed by atoms with E-state index in [1.165, 1.54) is 9.80 Å². The summed E-state index contributed by atoms with van der Waals surface area (Å²) < 4.78 is 24.2. The van der Waals surface area contributed by atoms with Crippen LogP contribution in [-0.2, 0) is 19.1 Å². The Kier molecular flexibility index (Phi) is 10.8. The lowest BCUT2D eigenvalue weighted by Gasteiger charge is -2.35. The molecule has 2 heterocycles. The highest BCUT2D eigenvalue weighted by Crippen LogP contribution is 2.42. The van der Waals surface area contributed by atoms with Crippen molar-refractivity contribution in [2.45, 2.75) is 65.8 Å². The quantitative estimate of drug-likeness (QED) is 0.121. The zero-order valence-corrected chi connectivity index (χ0v) is 31.8. The van der Waals surface area contributed by atoms with E-state index < -0.39 is 24.0 Å². The number of nitrogens with one attached hydrogen (secondary N) is 2. The number of hydrogen-bond acceptors (Lipinski definition) is 8. The van der Waals surface area contributed by atoms with Gasteiger partial charge in [0.2, 0.25) is 0 Å². The molecular formula is C42H46N4O8. The Bertz CT molecular complexity index is 2050. The van der Waals surface area contributed by atoms with Gasteiger partial charge in [-0.3, -0.25) is 0 Å². The zero-order chi connectivity index (χ0) is 38.8. The van der Waals surface area contributed by atoms with E-state index in [-0.39, 0.29) is 37.5 Å². The molecule has 2 N–H and O–H groups in total. The lowest BCUT2D eigenvalue weighted by atomic mass is 9.90. The van der Waals surface area contributed by atoms with Crippen LogP contribution in [0.25, 0.3) is 21.5 Å². The number of ether oxygens (including phenoxy) is 4. The number of hydrogen-bond donors (Lipinski definition) is 2. The zero-order valence-electron chi connectivity index (χ0n) is 31.8. The van der Waals surface area contributed by atoms with E-state index in [1.807, 2.05) is 72.8 Å². The van der Waals surface area contributed by atoms with Crippen LogP contribution in [0.3, 0.4) is 0 Å². The van der Waals surface area contributed by atoms with Crippen LogP contribution in [0, 0.1) is 0 Å². The van der Waals surface area contributed by atoms with Crippen LogP contribution in [0.4, 0.5) is 9.59 Å². The molecule has 12 nitrogen and oxygen atoms in total. The van der Waals surface area contributed by atoms with Gasteiger partial charge in [0.25, 0.3) is 0 Å². The number of carbonyl (C=O) groups excluding carboxylic acids is 4. The second kappa shape index (κ2) is 15.5. The number of benzene rings is 4. The van der Waals surface area contributed by atoms with Crippen molar-refractivity contribution < 1.29 is 38.1 Å². The summed E-state index contributed by atoms with van der Waals surface area (Å²) in [5, 5.41) is 9.39. The van der Waals surface area contributed by atoms with Gasteiger partial charge in [-0.2, -0.15) is 0 Å². The van der Waals surface area contributed by atoms with E-state index >= 15 is 0 Å². The van der Waals surface area contributed by atoms with Crippen LogP contribution in [0.2, 0.25) is 0 Å². The first-order chi connectivity index (χ1) is 25.8. The maximum absolute atomic E-state index is 13.6. The second-order valence-corrected chi connectivity index (χ2v) is 13.9. The van der Waals surface area contributed by atoms with Crippen molar-refractivity contribution in [2.24, 2.45) is 0 Å². The maximum Gasteiger partial charge on any atom is 0.338 e. The molecule has 2 unspecified atom stereocenters. The molecule has 4 aromatic rings. The van der Waals surface area contributed by atoms with Gasteiger partial charge < -0.3 is 39.4 Å². The molecule has 12 heteroatoms. The Hall–Kier alpha value is -6.04. The smallest absolute Gasteiger partial charge is 0.338 e. The topological polar surface area (TPSA) is 136 Å². The van der Waals surface area contributed by atoms with E-state index in [2.05, 4.69) is 10.6 Å². The van der Waals surface area contributed by atoms with Crippen molar-refractivity contribution in [1.29, 1.82) is 0 Å². The van der Waals surface area contributed by atoms with Gasteiger partial charge in [0.15, 0.2) is 0 Å². The summed E-state index contributed by atoms with van der Waals surface area (Å²) in [6.45, 7) is 10.7. The molecule has 2 aliphatic rings. The average molecular weight is 735 g/mol. The summed E-state index contributed by atoms with van der Waals surface area (Å²) in [6, 6.07) is 20.4. The second-order valence-electron chi connectivity index (χ2n) is 13.9. The van der Waals surface area contributed by atoms with Gasteiger partial charge in [-0.15, -0.1) is 0 Å². The van der Waals surface area contributed by atoms with E-state index in [9.17, 15) is 19.2 Å². The molecule has 4 aromatic carbocycles. The normalized spacial score (nSPS) is 17.7. The molecule has 0 radical (unpaired) electrons. The maximum atomic E-state index is 13.6. The minimum absolute atomic E-state index is 0.0729. The van der Waals surface area contributed by atoms with E-state index in [0.717, 1.165) is 21.5 Å². The number of carbonyl (C=O) groups is 4. The van der Waals surface area contributed by atoms with E-state index in [0.29, 0.717) is 45.2 Å². The van der Waals surface area contributed by atoms with Gasteiger partial charge in [-0.1, -0.05) is 60.7 Å². The van der Waals surface area contributed by atoms with Crippen molar-refractivity contribution in [3.63, 3.8) is 0 Å². The summed E-state index contributed by atoms with van der Waals surface area (Å²) in [4.78, 5) is 56.3. The molecule has 0 fully saturated rings. The largest absolute Gasteiger partial charge is 0.490 e. The van der Waals surface area contributed by atoms with Gasteiger partial charge >= 0.3 is 24.0 Å². The fraction of sp³-hybridized carbons (Fsp3) is 0.333. The third kappa shape index (κ3) is 7.28. The lowest BCUT2D eigenvalue weighted by Crippen LogP contribution is -2.46. The van der Waals surface area contributed by atoms with Crippen molar-refractivity contribution >= 4 is 45.5 Å². The summed E-state index contributed by atoms with van der Waals surface area (Å²) in [7, 11) is 3.21. The Morgan fingerprint density at radius 1 is 0.611 bits per heavy atom. The van der Waals surface area contributed by atoms with Crippen LogP contribution in [0.15, 0.2) is 95.3 Å². The first kappa shape index (κ1) is 37.7. The van der Waals surface area contributed by atoms with Crippen LogP contribution in [0.1, 0.15) is 64.8 Å². The molecule has 2 aliphatic heterocycles. The van der Waals surface area contributed by atoms with Crippen LogP contribution >= 0.6 is 0 Å². The first-order valence-electron chi connectivity index (χ1n) is 18.0. The Morgan fingerprint density at radius 3 is 1.35 bits per heavy atom. The minimum Gasteiger partial charge on any atom is -0.490 e. The van der Waals surface area contributed by atoms with Gasteiger partial charge in [0.1, 0.15) is 24.7 Å². The summed E-state index contributed by atoms with van der Waals surface area (Å²) >= 11 is 0. The summed E-state index contributed by atoms with van der Waals surface area (Å²) in [6.07, 6.45) is -0.748. The predicted molar refractivity (Wildman–Crippen MR) is 205 cm³/mol. The first-order valence-corrected chi connectivity index (χ1v) is 18.0. The molecular weight excluding hydrogens is 688 g/mol. The fourth-order valence-electron chi connectivity index (χ4n) is 6.89. The Morgan fingerprint density at radius 2 is 0.981 bits per heavy atom. The van der Waals surface area contributed by atoms with Gasteiger partial charge in [0.05, 0.1) is 35.4 Å². The van der Waals surface area contributed by atoms with Crippen molar-refractivity contribution in [1.82, 2.24) is 20.4 Å². The number of nitrogens with zero attached hydrogens (tertiary/aromatic N) is 2. The highest BCUT2D eigenvalue weighted by Gasteiger charge is 2.39. The molecule has 0 spiro atoms. The van der Waals surface area contributed by atoms with Crippen LogP contribution in [0.5, 0.6) is 11.5 Å². The summed E-state index contributed by atoms with van der Waals surface area (Å²) in [5.41, 5.74) is 2.78. The fourth-order valence-corrected chi connectivity index (χ4v) is 6.89. The number of urea groups is 2. The highest BCUT2D eigenvalue weighted by atomic mass is 16.5. The molecule has 0 saturated carbocycles. The monoisotopic (exact) mass is 734 g/mol. The molecule has 4 amide bonds. The van der Waals surface area contributed by atoms with E-state index in [1.54, 1.807) is 55.6 Å². The number of amides is 4. The standard InChI is InChI=1S/C42H46N4O8/c1-23(2)53-39(47)33-25(5)45(7)41(49)43-37(33)35-29-15-11-9-13-27(29)17-19-31(35)51-21-22-52-32-20-18-28-14-10-12-16-30(28)36(32)38-34(40(48)54-24(3)4)26(6)46(8)42(50)44-38/h9-20,23-24,37-38H,21-22H2,1-8H3,(H,43,49)(H,44,50). The number of allylic oxidation sites excluding steroid dienone is 2. The minimum atomic E-state index is -0.860.